The van der Waals surface area contributed by atoms with E-state index in [4.69, 9.17) is 0 Å². The zero-order valence-electron chi connectivity index (χ0n) is 18.5. The SMILES string of the molecule is CC(C)c1cc(C2=NNC(=O)C2c2ccc(N(C)CCN(C)C)c(F)c2)c(O)cc1O. The topological polar surface area (TPSA) is 88.4 Å². The quantitative estimate of drug-likeness (QED) is 0.631. The van der Waals surface area contributed by atoms with Crippen molar-refractivity contribution in [2.75, 3.05) is 39.1 Å². The summed E-state index contributed by atoms with van der Waals surface area (Å²) < 4.78 is 14.9. The zero-order chi connectivity index (χ0) is 22.9. The van der Waals surface area contributed by atoms with Gasteiger partial charge in [0.15, 0.2) is 0 Å². The molecular formula is C23H29FN4O3. The number of aromatic hydroxyl groups is 2. The number of rotatable bonds is 7. The van der Waals surface area contributed by atoms with Gasteiger partial charge in [-0.3, -0.25) is 4.79 Å². The first-order valence-electron chi connectivity index (χ1n) is 10.2. The number of likely N-dealkylation sites (N-methyl/N-ethyl adjacent to an activating group) is 2. The van der Waals surface area contributed by atoms with E-state index in [0.29, 0.717) is 28.9 Å². The second kappa shape index (κ2) is 8.93. The summed E-state index contributed by atoms with van der Waals surface area (Å²) in [6.07, 6.45) is 0. The molecule has 1 aliphatic rings. The van der Waals surface area contributed by atoms with Crippen LogP contribution < -0.4 is 10.3 Å². The maximum atomic E-state index is 14.9. The number of hydrogen-bond donors (Lipinski definition) is 3. The minimum Gasteiger partial charge on any atom is -0.508 e. The van der Waals surface area contributed by atoms with Crippen molar-refractivity contribution in [2.24, 2.45) is 5.10 Å². The Hall–Kier alpha value is -3.13. The van der Waals surface area contributed by atoms with Crippen molar-refractivity contribution in [3.8, 4) is 11.5 Å². The van der Waals surface area contributed by atoms with Crippen molar-refractivity contribution in [3.05, 3.63) is 52.8 Å². The number of carbonyl (C=O) groups is 1. The van der Waals surface area contributed by atoms with Gasteiger partial charge in [-0.25, -0.2) is 9.82 Å². The average molecular weight is 429 g/mol. The lowest BCUT2D eigenvalue weighted by molar-refractivity contribution is -0.120. The maximum Gasteiger partial charge on any atom is 0.253 e. The molecule has 0 saturated heterocycles. The minimum atomic E-state index is -0.869. The second-order valence-corrected chi connectivity index (χ2v) is 8.42. The molecule has 3 N–H and O–H groups in total. The van der Waals surface area contributed by atoms with E-state index in [0.717, 1.165) is 6.54 Å². The van der Waals surface area contributed by atoms with Crippen molar-refractivity contribution < 1.29 is 19.4 Å². The van der Waals surface area contributed by atoms with Crippen LogP contribution in [0.4, 0.5) is 10.1 Å². The van der Waals surface area contributed by atoms with E-state index in [1.54, 1.807) is 18.2 Å². The second-order valence-electron chi connectivity index (χ2n) is 8.42. The molecule has 0 radical (unpaired) electrons. The Bertz CT molecular complexity index is 1020. The molecule has 0 saturated carbocycles. The van der Waals surface area contributed by atoms with Crippen molar-refractivity contribution in [2.45, 2.75) is 25.7 Å². The number of anilines is 1. The van der Waals surface area contributed by atoms with E-state index < -0.39 is 17.6 Å². The van der Waals surface area contributed by atoms with Crippen molar-refractivity contribution in [1.29, 1.82) is 0 Å². The molecule has 31 heavy (non-hydrogen) atoms. The van der Waals surface area contributed by atoms with E-state index in [-0.39, 0.29) is 23.1 Å². The molecule has 3 rings (SSSR count). The van der Waals surface area contributed by atoms with Gasteiger partial charge in [0, 0.05) is 31.8 Å². The molecule has 7 nitrogen and oxygen atoms in total. The van der Waals surface area contributed by atoms with Crippen molar-refractivity contribution in [1.82, 2.24) is 10.3 Å². The molecule has 1 amide bonds. The van der Waals surface area contributed by atoms with Gasteiger partial charge in [0.25, 0.3) is 5.91 Å². The molecule has 0 fully saturated rings. The van der Waals surface area contributed by atoms with Gasteiger partial charge in [-0.15, -0.1) is 0 Å². The number of phenolic OH excluding ortho intramolecular Hbond substituents is 2. The van der Waals surface area contributed by atoms with Crippen LogP contribution in [0, 0.1) is 5.82 Å². The third-order valence-electron chi connectivity index (χ3n) is 5.46. The van der Waals surface area contributed by atoms with E-state index in [2.05, 4.69) is 10.5 Å². The molecule has 166 valence electrons. The molecule has 1 unspecified atom stereocenters. The third-order valence-corrected chi connectivity index (χ3v) is 5.46. The van der Waals surface area contributed by atoms with Crippen LogP contribution in [-0.2, 0) is 4.79 Å². The standard InChI is InChI=1S/C23H29FN4O3/c1-13(2)15-11-16(20(30)12-19(15)29)22-21(23(31)26-25-22)14-6-7-18(17(24)10-14)28(5)9-8-27(3)4/h6-7,10-13,21,29-30H,8-9H2,1-5H3,(H,26,31). The summed E-state index contributed by atoms with van der Waals surface area (Å²) in [5.41, 5.74) is 4.56. The monoisotopic (exact) mass is 428 g/mol. The van der Waals surface area contributed by atoms with Gasteiger partial charge in [-0.05, 0) is 49.3 Å². The van der Waals surface area contributed by atoms with Crippen LogP contribution in [0.1, 0.15) is 42.4 Å². The number of benzene rings is 2. The van der Waals surface area contributed by atoms with Gasteiger partial charge in [0.1, 0.15) is 23.2 Å². The Morgan fingerprint density at radius 2 is 1.81 bits per heavy atom. The number of carbonyl (C=O) groups excluding carboxylic acids is 1. The fraction of sp³-hybridized carbons (Fsp3) is 0.391. The molecule has 1 heterocycles. The number of hydrogen-bond acceptors (Lipinski definition) is 6. The molecule has 1 atom stereocenters. The van der Waals surface area contributed by atoms with Gasteiger partial charge in [0.05, 0.1) is 11.4 Å². The van der Waals surface area contributed by atoms with E-state index in [1.165, 1.54) is 12.1 Å². The Labute approximate surface area is 181 Å². The molecule has 2 aromatic rings. The summed E-state index contributed by atoms with van der Waals surface area (Å²) in [7, 11) is 5.73. The molecule has 0 bridgehead atoms. The highest BCUT2D eigenvalue weighted by molar-refractivity contribution is 6.21. The number of amides is 1. The smallest absolute Gasteiger partial charge is 0.253 e. The van der Waals surface area contributed by atoms with E-state index in [1.807, 2.05) is 44.8 Å². The van der Waals surface area contributed by atoms with Gasteiger partial charge >= 0.3 is 0 Å². The highest BCUT2D eigenvalue weighted by atomic mass is 19.1. The number of hydrazone groups is 1. The molecule has 0 spiro atoms. The molecule has 8 heteroatoms. The van der Waals surface area contributed by atoms with Crippen LogP contribution in [0.2, 0.25) is 0 Å². The summed E-state index contributed by atoms with van der Waals surface area (Å²) >= 11 is 0. The molecule has 0 aliphatic carbocycles. The number of nitrogens with one attached hydrogen (secondary N) is 1. The van der Waals surface area contributed by atoms with E-state index >= 15 is 0 Å². The largest absolute Gasteiger partial charge is 0.508 e. The van der Waals surface area contributed by atoms with Crippen LogP contribution in [0.5, 0.6) is 11.5 Å². The van der Waals surface area contributed by atoms with Crippen LogP contribution in [0.15, 0.2) is 35.4 Å². The fourth-order valence-electron chi connectivity index (χ4n) is 3.64. The van der Waals surface area contributed by atoms with Gasteiger partial charge < -0.3 is 20.0 Å². The summed E-state index contributed by atoms with van der Waals surface area (Å²) in [6.45, 7) is 5.25. The first kappa shape index (κ1) is 22.6. The zero-order valence-corrected chi connectivity index (χ0v) is 18.5. The molecule has 0 aromatic heterocycles. The van der Waals surface area contributed by atoms with Crippen molar-refractivity contribution in [3.63, 3.8) is 0 Å². The molecule has 1 aliphatic heterocycles. The van der Waals surface area contributed by atoms with Crippen LogP contribution in [-0.4, -0.2) is 61.0 Å². The Morgan fingerprint density at radius 3 is 2.42 bits per heavy atom. The minimum absolute atomic E-state index is 0.00195. The third kappa shape index (κ3) is 4.64. The lowest BCUT2D eigenvalue weighted by Gasteiger charge is -2.23. The maximum absolute atomic E-state index is 14.9. The van der Waals surface area contributed by atoms with Crippen LogP contribution in [0.25, 0.3) is 0 Å². The summed E-state index contributed by atoms with van der Waals surface area (Å²) in [6, 6.07) is 7.57. The molecular weight excluding hydrogens is 399 g/mol. The number of phenols is 2. The first-order valence-corrected chi connectivity index (χ1v) is 10.2. The Morgan fingerprint density at radius 1 is 1.10 bits per heavy atom. The number of nitrogens with zero attached hydrogens (tertiary/aromatic N) is 3. The first-order chi connectivity index (χ1) is 14.6. The Kier molecular flexibility index (Phi) is 6.50. The van der Waals surface area contributed by atoms with Gasteiger partial charge in [0.2, 0.25) is 0 Å². The normalized spacial score (nSPS) is 16.1. The summed E-state index contributed by atoms with van der Waals surface area (Å²) in [5.74, 6) is -1.93. The van der Waals surface area contributed by atoms with Crippen LogP contribution in [0.3, 0.4) is 0 Å². The van der Waals surface area contributed by atoms with E-state index in [9.17, 15) is 19.4 Å². The average Bonchev–Trinajstić information content (AvgIpc) is 3.06. The van der Waals surface area contributed by atoms with Gasteiger partial charge in [-0.1, -0.05) is 19.9 Å². The Balaban J connectivity index is 1.96. The lowest BCUT2D eigenvalue weighted by atomic mass is 9.87. The van der Waals surface area contributed by atoms with Crippen molar-refractivity contribution >= 4 is 17.3 Å². The predicted molar refractivity (Wildman–Crippen MR) is 120 cm³/mol. The summed E-state index contributed by atoms with van der Waals surface area (Å²) in [4.78, 5) is 16.4. The molecule has 2 aromatic carbocycles. The highest BCUT2D eigenvalue weighted by Crippen LogP contribution is 2.37. The van der Waals surface area contributed by atoms with Crippen LogP contribution >= 0.6 is 0 Å². The number of halogens is 1. The van der Waals surface area contributed by atoms with Gasteiger partial charge in [-0.2, -0.15) is 5.10 Å². The fourth-order valence-corrected chi connectivity index (χ4v) is 3.64. The summed E-state index contributed by atoms with van der Waals surface area (Å²) in [5, 5.41) is 24.6. The predicted octanol–water partition coefficient (Wildman–Crippen LogP) is 2.98. The lowest BCUT2D eigenvalue weighted by Crippen LogP contribution is -2.29. The highest BCUT2D eigenvalue weighted by Gasteiger charge is 2.35.